The first-order valence-corrected chi connectivity index (χ1v) is 3.93. The lowest BCUT2D eigenvalue weighted by Crippen LogP contribution is -1.86. The van der Waals surface area contributed by atoms with Crippen LogP contribution in [0, 0.1) is 5.92 Å². The molecular weight excluding hydrogens is 108 g/mol. The Morgan fingerprint density at radius 3 is 1.89 bits per heavy atom. The second-order valence-electron chi connectivity index (χ2n) is 2.56. The molecule has 0 aromatic rings. The Kier molecular flexibility index (Phi) is 5.70. The summed E-state index contributed by atoms with van der Waals surface area (Å²) in [4.78, 5) is 0. The SMILES string of the molecule is C=C.CCC1CCCC1. The Morgan fingerprint density at radius 2 is 1.67 bits per heavy atom. The molecule has 1 aliphatic rings. The predicted molar refractivity (Wildman–Crippen MR) is 43.5 cm³/mol. The van der Waals surface area contributed by atoms with E-state index in [9.17, 15) is 0 Å². The van der Waals surface area contributed by atoms with Gasteiger partial charge in [-0.15, -0.1) is 13.2 Å². The zero-order valence-electron chi connectivity index (χ0n) is 6.53. The van der Waals surface area contributed by atoms with Crippen molar-refractivity contribution in [1.29, 1.82) is 0 Å². The van der Waals surface area contributed by atoms with Crippen molar-refractivity contribution in [1.82, 2.24) is 0 Å². The zero-order valence-corrected chi connectivity index (χ0v) is 6.53. The van der Waals surface area contributed by atoms with Crippen LogP contribution in [0.25, 0.3) is 0 Å². The quantitative estimate of drug-likeness (QED) is 0.472. The fourth-order valence-corrected chi connectivity index (χ4v) is 1.42. The van der Waals surface area contributed by atoms with Gasteiger partial charge in [0, 0.05) is 0 Å². The molecule has 0 heteroatoms. The van der Waals surface area contributed by atoms with E-state index in [4.69, 9.17) is 0 Å². The molecular formula is C9H18. The molecule has 1 fully saturated rings. The third-order valence-electron chi connectivity index (χ3n) is 2.05. The van der Waals surface area contributed by atoms with Crippen LogP contribution in [0.5, 0.6) is 0 Å². The van der Waals surface area contributed by atoms with Crippen LogP contribution in [0.1, 0.15) is 39.0 Å². The highest BCUT2D eigenvalue weighted by Crippen LogP contribution is 2.26. The molecule has 0 spiro atoms. The van der Waals surface area contributed by atoms with Gasteiger partial charge in [0.05, 0.1) is 0 Å². The molecule has 0 amide bonds. The van der Waals surface area contributed by atoms with Gasteiger partial charge in [0.25, 0.3) is 0 Å². The average Bonchev–Trinajstić information content (AvgIpc) is 2.43. The number of hydrogen-bond acceptors (Lipinski definition) is 0. The van der Waals surface area contributed by atoms with E-state index >= 15 is 0 Å². The van der Waals surface area contributed by atoms with Crippen molar-refractivity contribution < 1.29 is 0 Å². The minimum Gasteiger partial charge on any atom is -0.106 e. The fraction of sp³-hybridized carbons (Fsp3) is 0.778. The van der Waals surface area contributed by atoms with Crippen LogP contribution in [0.3, 0.4) is 0 Å². The van der Waals surface area contributed by atoms with Crippen molar-refractivity contribution in [3.8, 4) is 0 Å². The van der Waals surface area contributed by atoms with E-state index in [0.29, 0.717) is 0 Å². The highest BCUT2D eigenvalue weighted by atomic mass is 14.2. The van der Waals surface area contributed by atoms with E-state index < -0.39 is 0 Å². The second-order valence-corrected chi connectivity index (χ2v) is 2.56. The molecule has 0 atom stereocenters. The summed E-state index contributed by atoms with van der Waals surface area (Å²) in [5, 5.41) is 0. The maximum Gasteiger partial charge on any atom is -0.0417 e. The van der Waals surface area contributed by atoms with Gasteiger partial charge in [-0.2, -0.15) is 0 Å². The van der Waals surface area contributed by atoms with Gasteiger partial charge >= 0.3 is 0 Å². The van der Waals surface area contributed by atoms with E-state index in [-0.39, 0.29) is 0 Å². The van der Waals surface area contributed by atoms with Crippen molar-refractivity contribution in [3.05, 3.63) is 13.2 Å². The minimum absolute atomic E-state index is 1.10. The smallest absolute Gasteiger partial charge is 0.0417 e. The van der Waals surface area contributed by atoms with Crippen LogP contribution in [0.4, 0.5) is 0 Å². The van der Waals surface area contributed by atoms with E-state index in [1.165, 1.54) is 32.1 Å². The van der Waals surface area contributed by atoms with E-state index in [2.05, 4.69) is 20.1 Å². The normalized spacial score (nSPS) is 18.8. The van der Waals surface area contributed by atoms with Gasteiger partial charge in [-0.05, 0) is 5.92 Å². The van der Waals surface area contributed by atoms with E-state index in [0.717, 1.165) is 5.92 Å². The van der Waals surface area contributed by atoms with Crippen molar-refractivity contribution in [3.63, 3.8) is 0 Å². The summed E-state index contributed by atoms with van der Waals surface area (Å²) in [7, 11) is 0. The molecule has 0 saturated heterocycles. The van der Waals surface area contributed by atoms with Crippen LogP contribution in [0.2, 0.25) is 0 Å². The third kappa shape index (κ3) is 3.34. The van der Waals surface area contributed by atoms with Gasteiger partial charge in [-0.1, -0.05) is 39.0 Å². The largest absolute Gasteiger partial charge is 0.106 e. The Labute approximate surface area is 59.0 Å². The van der Waals surface area contributed by atoms with Gasteiger partial charge in [-0.25, -0.2) is 0 Å². The summed E-state index contributed by atoms with van der Waals surface area (Å²) in [5.74, 6) is 1.10. The second kappa shape index (κ2) is 5.87. The topological polar surface area (TPSA) is 0 Å². The molecule has 0 bridgehead atoms. The van der Waals surface area contributed by atoms with Crippen LogP contribution in [-0.2, 0) is 0 Å². The minimum atomic E-state index is 1.10. The number of hydrogen-bond donors (Lipinski definition) is 0. The van der Waals surface area contributed by atoms with Crippen molar-refractivity contribution >= 4 is 0 Å². The maximum absolute atomic E-state index is 3.00. The van der Waals surface area contributed by atoms with Crippen LogP contribution in [0.15, 0.2) is 13.2 Å². The van der Waals surface area contributed by atoms with Gasteiger partial charge in [-0.3, -0.25) is 0 Å². The molecule has 0 N–H and O–H groups in total. The maximum atomic E-state index is 3.00. The zero-order chi connectivity index (χ0) is 7.11. The molecule has 0 aliphatic heterocycles. The standard InChI is InChI=1S/C7H14.C2H4/c1-2-7-5-3-4-6-7;1-2/h7H,2-6H2,1H3;1-2H2. The highest BCUT2D eigenvalue weighted by molar-refractivity contribution is 4.64. The van der Waals surface area contributed by atoms with Crippen LogP contribution >= 0.6 is 0 Å². The van der Waals surface area contributed by atoms with Gasteiger partial charge in [0.1, 0.15) is 0 Å². The monoisotopic (exact) mass is 126 g/mol. The van der Waals surface area contributed by atoms with Crippen molar-refractivity contribution in [2.45, 2.75) is 39.0 Å². The molecule has 0 aromatic carbocycles. The molecule has 0 heterocycles. The molecule has 1 saturated carbocycles. The number of rotatable bonds is 1. The molecule has 0 aromatic heterocycles. The van der Waals surface area contributed by atoms with Crippen LogP contribution < -0.4 is 0 Å². The Bertz CT molecular complexity index is 51.1. The lowest BCUT2D eigenvalue weighted by molar-refractivity contribution is 0.531. The molecule has 0 nitrogen and oxygen atoms in total. The van der Waals surface area contributed by atoms with Crippen molar-refractivity contribution in [2.24, 2.45) is 5.92 Å². The summed E-state index contributed by atoms with van der Waals surface area (Å²) in [5.41, 5.74) is 0. The molecule has 0 unspecified atom stereocenters. The summed E-state index contributed by atoms with van der Waals surface area (Å²) >= 11 is 0. The van der Waals surface area contributed by atoms with Crippen LogP contribution in [-0.4, -0.2) is 0 Å². The lowest BCUT2D eigenvalue weighted by Gasteiger charge is -1.99. The summed E-state index contributed by atoms with van der Waals surface area (Å²) in [6, 6.07) is 0. The summed E-state index contributed by atoms with van der Waals surface area (Å²) < 4.78 is 0. The molecule has 1 rings (SSSR count). The van der Waals surface area contributed by atoms with Gasteiger partial charge < -0.3 is 0 Å². The molecule has 0 radical (unpaired) electrons. The van der Waals surface area contributed by atoms with Gasteiger partial charge in [0.15, 0.2) is 0 Å². The Morgan fingerprint density at radius 1 is 1.22 bits per heavy atom. The fourth-order valence-electron chi connectivity index (χ4n) is 1.42. The first-order chi connectivity index (χ1) is 4.43. The van der Waals surface area contributed by atoms with E-state index in [1.807, 2.05) is 0 Å². The predicted octanol–water partition coefficient (Wildman–Crippen LogP) is 3.39. The first-order valence-electron chi connectivity index (χ1n) is 3.93. The summed E-state index contributed by atoms with van der Waals surface area (Å²) in [6.45, 7) is 8.30. The van der Waals surface area contributed by atoms with Crippen molar-refractivity contribution in [2.75, 3.05) is 0 Å². The molecule has 9 heavy (non-hydrogen) atoms. The van der Waals surface area contributed by atoms with Gasteiger partial charge in [0.2, 0.25) is 0 Å². The lowest BCUT2D eigenvalue weighted by atomic mass is 10.1. The average molecular weight is 126 g/mol. The van der Waals surface area contributed by atoms with E-state index in [1.54, 1.807) is 0 Å². The third-order valence-corrected chi connectivity index (χ3v) is 2.05. The Hall–Kier alpha value is -0.260. The molecule has 1 aliphatic carbocycles. The first kappa shape index (κ1) is 8.74. The highest BCUT2D eigenvalue weighted by Gasteiger charge is 2.11. The summed E-state index contributed by atoms with van der Waals surface area (Å²) in [6.07, 6.45) is 7.43. The Balaban J connectivity index is 0.000000291. The molecule has 54 valence electrons.